The van der Waals surface area contributed by atoms with Crippen molar-refractivity contribution in [1.82, 2.24) is 15.1 Å². The maximum absolute atomic E-state index is 4.41. The predicted octanol–water partition coefficient (Wildman–Crippen LogP) is 4.25. The number of nitrogens with one attached hydrogen (secondary N) is 1. The molecule has 0 saturated heterocycles. The Labute approximate surface area is 128 Å². The highest BCUT2D eigenvalue weighted by molar-refractivity contribution is 9.10. The zero-order valence-corrected chi connectivity index (χ0v) is 13.9. The van der Waals surface area contributed by atoms with Gasteiger partial charge in [0.05, 0.1) is 22.4 Å². The molecule has 3 nitrogen and oxygen atoms in total. The molecule has 0 aliphatic heterocycles. The number of fused-ring (bicyclic) bond motifs is 1. The van der Waals surface area contributed by atoms with Gasteiger partial charge in [-0.3, -0.25) is 4.68 Å². The molecule has 0 radical (unpaired) electrons. The molecule has 0 saturated carbocycles. The van der Waals surface area contributed by atoms with Crippen molar-refractivity contribution in [3.63, 3.8) is 0 Å². The second-order valence-corrected chi connectivity index (χ2v) is 7.13. The maximum Gasteiger partial charge on any atom is 0.0851 e. The molecule has 3 aromatic heterocycles. The second kappa shape index (κ2) is 5.36. The molecule has 0 aliphatic rings. The summed E-state index contributed by atoms with van der Waals surface area (Å²) in [7, 11) is 2.00. The molecular formula is C13H14BrN3S2. The normalized spacial score (nSPS) is 13.2. The van der Waals surface area contributed by atoms with Crippen LogP contribution in [0.25, 0.3) is 9.40 Å². The standard InChI is InChI=1S/C13H14BrN3S2/c1-3-17-13(8(14)7-16-17)12(15-2)11-6-10-9(19-11)4-5-18-10/h4-7,12,15H,3H2,1-2H3. The Hall–Kier alpha value is -0.690. The van der Waals surface area contributed by atoms with Crippen molar-refractivity contribution in [2.45, 2.75) is 19.5 Å². The van der Waals surface area contributed by atoms with E-state index in [-0.39, 0.29) is 6.04 Å². The number of nitrogens with zero attached hydrogens (tertiary/aromatic N) is 2. The first-order valence-electron chi connectivity index (χ1n) is 6.10. The summed E-state index contributed by atoms with van der Waals surface area (Å²) in [5.41, 5.74) is 1.19. The Kier molecular flexibility index (Phi) is 3.75. The molecular weight excluding hydrogens is 342 g/mol. The van der Waals surface area contributed by atoms with Gasteiger partial charge in [0, 0.05) is 20.8 Å². The topological polar surface area (TPSA) is 29.9 Å². The number of hydrogen-bond donors (Lipinski definition) is 1. The van der Waals surface area contributed by atoms with Crippen molar-refractivity contribution in [3.05, 3.63) is 38.8 Å². The van der Waals surface area contributed by atoms with E-state index in [9.17, 15) is 0 Å². The van der Waals surface area contributed by atoms with Crippen LogP contribution in [0.3, 0.4) is 0 Å². The van der Waals surface area contributed by atoms with Gasteiger partial charge in [-0.05, 0) is 47.4 Å². The fourth-order valence-electron chi connectivity index (χ4n) is 2.25. The van der Waals surface area contributed by atoms with Gasteiger partial charge in [0.2, 0.25) is 0 Å². The van der Waals surface area contributed by atoms with Crippen LogP contribution in [-0.4, -0.2) is 16.8 Å². The van der Waals surface area contributed by atoms with Gasteiger partial charge in [0.15, 0.2) is 0 Å². The minimum absolute atomic E-state index is 0.182. The molecule has 3 heterocycles. The summed E-state index contributed by atoms with van der Waals surface area (Å²) < 4.78 is 5.82. The van der Waals surface area contributed by atoms with Crippen molar-refractivity contribution in [3.8, 4) is 0 Å². The van der Waals surface area contributed by atoms with Crippen molar-refractivity contribution >= 4 is 48.0 Å². The Morgan fingerprint density at radius 3 is 3.00 bits per heavy atom. The summed E-state index contributed by atoms with van der Waals surface area (Å²) >= 11 is 7.26. The van der Waals surface area contributed by atoms with E-state index in [1.54, 1.807) is 11.3 Å². The summed E-state index contributed by atoms with van der Waals surface area (Å²) in [6.07, 6.45) is 1.87. The Bertz CT molecular complexity index is 669. The smallest absolute Gasteiger partial charge is 0.0851 e. The Balaban J connectivity index is 2.09. The first-order chi connectivity index (χ1) is 9.24. The van der Waals surface area contributed by atoms with Crippen molar-refractivity contribution < 1.29 is 0 Å². The number of halogens is 1. The van der Waals surface area contributed by atoms with Crippen LogP contribution >= 0.6 is 38.6 Å². The molecule has 0 aliphatic carbocycles. The highest BCUT2D eigenvalue weighted by Crippen LogP contribution is 2.37. The summed E-state index contributed by atoms with van der Waals surface area (Å²) in [6, 6.07) is 4.65. The number of aryl methyl sites for hydroxylation is 1. The van der Waals surface area contributed by atoms with Crippen molar-refractivity contribution in [2.24, 2.45) is 0 Å². The van der Waals surface area contributed by atoms with Gasteiger partial charge in [-0.2, -0.15) is 5.10 Å². The quantitative estimate of drug-likeness (QED) is 0.757. The first kappa shape index (κ1) is 13.3. The van der Waals surface area contributed by atoms with Gasteiger partial charge in [0.1, 0.15) is 0 Å². The molecule has 1 unspecified atom stereocenters. The van der Waals surface area contributed by atoms with E-state index < -0.39 is 0 Å². The van der Waals surface area contributed by atoms with E-state index in [2.05, 4.69) is 50.8 Å². The maximum atomic E-state index is 4.41. The van der Waals surface area contributed by atoms with Gasteiger partial charge in [-0.1, -0.05) is 0 Å². The molecule has 1 atom stereocenters. The fourth-order valence-corrected chi connectivity index (χ4v) is 5.01. The summed E-state index contributed by atoms with van der Waals surface area (Å²) in [4.78, 5) is 1.33. The van der Waals surface area contributed by atoms with E-state index in [0.29, 0.717) is 0 Å². The summed E-state index contributed by atoms with van der Waals surface area (Å²) in [6.45, 7) is 2.99. The Morgan fingerprint density at radius 2 is 2.32 bits per heavy atom. The molecule has 100 valence electrons. The number of hydrogen-bond acceptors (Lipinski definition) is 4. The van der Waals surface area contributed by atoms with Crippen LogP contribution in [0.1, 0.15) is 23.5 Å². The van der Waals surface area contributed by atoms with Crippen LogP contribution in [0.5, 0.6) is 0 Å². The molecule has 6 heteroatoms. The van der Waals surface area contributed by atoms with Crippen LogP contribution in [0.2, 0.25) is 0 Å². The molecule has 0 bridgehead atoms. The summed E-state index contributed by atoms with van der Waals surface area (Å²) in [5.74, 6) is 0. The molecule has 3 rings (SSSR count). The largest absolute Gasteiger partial charge is 0.307 e. The monoisotopic (exact) mass is 355 g/mol. The van der Waals surface area contributed by atoms with Crippen molar-refractivity contribution in [1.29, 1.82) is 0 Å². The average Bonchev–Trinajstić information content (AvgIpc) is 3.06. The van der Waals surface area contributed by atoms with E-state index in [0.717, 1.165) is 11.0 Å². The van der Waals surface area contributed by atoms with Crippen LogP contribution in [0.15, 0.2) is 28.2 Å². The summed E-state index contributed by atoms with van der Waals surface area (Å²) in [5, 5.41) is 9.96. The minimum Gasteiger partial charge on any atom is -0.307 e. The lowest BCUT2D eigenvalue weighted by atomic mass is 10.1. The lowest BCUT2D eigenvalue weighted by Gasteiger charge is -2.16. The zero-order valence-electron chi connectivity index (χ0n) is 10.7. The highest BCUT2D eigenvalue weighted by Gasteiger charge is 2.22. The number of aromatic nitrogens is 2. The second-order valence-electron chi connectivity index (χ2n) is 4.21. The predicted molar refractivity (Wildman–Crippen MR) is 86.2 cm³/mol. The minimum atomic E-state index is 0.182. The van der Waals surface area contributed by atoms with E-state index in [1.165, 1.54) is 20.0 Å². The van der Waals surface area contributed by atoms with Crippen LogP contribution in [0, 0.1) is 0 Å². The van der Waals surface area contributed by atoms with E-state index in [1.807, 2.05) is 29.3 Å². The van der Waals surface area contributed by atoms with E-state index in [4.69, 9.17) is 0 Å². The molecule has 0 aromatic carbocycles. The van der Waals surface area contributed by atoms with Gasteiger partial charge in [-0.25, -0.2) is 0 Å². The average molecular weight is 356 g/mol. The van der Waals surface area contributed by atoms with Gasteiger partial charge >= 0.3 is 0 Å². The van der Waals surface area contributed by atoms with Gasteiger partial charge < -0.3 is 5.32 Å². The lowest BCUT2D eigenvalue weighted by molar-refractivity contribution is 0.566. The molecule has 1 N–H and O–H groups in total. The fraction of sp³-hybridized carbons (Fsp3) is 0.308. The third-order valence-corrected chi connectivity index (χ3v) is 5.91. The number of rotatable bonds is 4. The third-order valence-electron chi connectivity index (χ3n) is 3.14. The van der Waals surface area contributed by atoms with Crippen LogP contribution < -0.4 is 5.32 Å². The highest BCUT2D eigenvalue weighted by atomic mass is 79.9. The molecule has 0 fully saturated rings. The molecule has 0 spiro atoms. The zero-order chi connectivity index (χ0) is 13.4. The SMILES string of the molecule is CCn1ncc(Br)c1C(NC)c1cc2sccc2s1. The van der Waals surface area contributed by atoms with E-state index >= 15 is 0 Å². The number of thiophene rings is 2. The molecule has 19 heavy (non-hydrogen) atoms. The molecule has 3 aromatic rings. The van der Waals surface area contributed by atoms with Crippen molar-refractivity contribution in [2.75, 3.05) is 7.05 Å². The Morgan fingerprint density at radius 1 is 1.47 bits per heavy atom. The van der Waals surface area contributed by atoms with Gasteiger partial charge in [-0.15, -0.1) is 22.7 Å². The molecule has 0 amide bonds. The lowest BCUT2D eigenvalue weighted by Crippen LogP contribution is -2.20. The van der Waals surface area contributed by atoms with Gasteiger partial charge in [0.25, 0.3) is 0 Å². The van der Waals surface area contributed by atoms with Crippen LogP contribution in [-0.2, 0) is 6.54 Å². The first-order valence-corrected chi connectivity index (χ1v) is 8.59. The third kappa shape index (κ3) is 2.27. The van der Waals surface area contributed by atoms with Crippen LogP contribution in [0.4, 0.5) is 0 Å².